The van der Waals surface area contributed by atoms with Crippen LogP contribution in [0.3, 0.4) is 0 Å². The molecule has 0 radical (unpaired) electrons. The number of carboxylic acids is 1. The minimum Gasteiger partial charge on any atom is -0.493 e. The van der Waals surface area contributed by atoms with Crippen LogP contribution in [-0.2, 0) is 16.1 Å². The van der Waals surface area contributed by atoms with Crippen LogP contribution in [0.25, 0.3) is 11.1 Å². The predicted octanol–water partition coefficient (Wildman–Crippen LogP) is 5.74. The molecule has 1 aromatic heterocycles. The molecule has 5 rings (SSSR count). The number of hydrogen-bond acceptors (Lipinski definition) is 6. The molecule has 45 heavy (non-hydrogen) atoms. The van der Waals surface area contributed by atoms with E-state index in [1.54, 1.807) is 34.0 Å². The van der Waals surface area contributed by atoms with Crippen LogP contribution < -0.4 is 19.7 Å². The van der Waals surface area contributed by atoms with E-state index in [1.807, 2.05) is 55.6 Å². The van der Waals surface area contributed by atoms with Gasteiger partial charge >= 0.3 is 5.97 Å². The van der Waals surface area contributed by atoms with Crippen molar-refractivity contribution in [3.05, 3.63) is 94.8 Å². The number of aliphatic carboxylic acids is 1. The molecule has 2 amide bonds. The van der Waals surface area contributed by atoms with Crippen molar-refractivity contribution in [3.8, 4) is 22.6 Å². The van der Waals surface area contributed by atoms with E-state index in [1.165, 1.54) is 0 Å². The second-order valence-electron chi connectivity index (χ2n) is 10.7. The molecule has 4 aromatic rings. The number of fused-ring (bicyclic) bond motifs is 1. The van der Waals surface area contributed by atoms with Crippen LogP contribution in [0.5, 0.6) is 11.5 Å². The molecule has 3 aromatic carbocycles. The molecule has 0 aliphatic carbocycles. The first kappa shape index (κ1) is 31.6. The summed E-state index contributed by atoms with van der Waals surface area (Å²) in [6.07, 6.45) is 5.13. The monoisotopic (exact) mass is 630 g/mol. The molecule has 2 N–H and O–H groups in total. The summed E-state index contributed by atoms with van der Waals surface area (Å²) >= 11 is 6.19. The lowest BCUT2D eigenvalue weighted by Gasteiger charge is -2.23. The number of ether oxygens (including phenoxy) is 2. The molecular weight excluding hydrogens is 596 g/mol. The highest BCUT2D eigenvalue weighted by molar-refractivity contribution is 6.31. The summed E-state index contributed by atoms with van der Waals surface area (Å²) in [6, 6.07) is 18.5. The lowest BCUT2D eigenvalue weighted by atomic mass is 10.1. The third-order valence-electron chi connectivity index (χ3n) is 7.47. The summed E-state index contributed by atoms with van der Waals surface area (Å²) in [5, 5.41) is 16.6. The molecule has 234 valence electrons. The topological polar surface area (TPSA) is 123 Å². The second-order valence-corrected chi connectivity index (χ2v) is 11.2. The first-order valence-electron chi connectivity index (χ1n) is 14.9. The van der Waals surface area contributed by atoms with Gasteiger partial charge in [0.1, 0.15) is 5.75 Å². The standard InChI is InChI=1S/C34H35ClN4O6/c1-23-28(35)10-4-12-30(23)44-17-5-13-31(40)39-16-6-18-45-33-27(9-3-11-29(33)39)26-20-37-38(22-26)21-24-7-2-8-25(19-24)34(43)36-15-14-32(41)42/h2-4,7-12,19-20,22H,5-6,13-18,21H2,1H3,(H,36,43)(H,41,42). The lowest BCUT2D eigenvalue weighted by molar-refractivity contribution is -0.136. The van der Waals surface area contributed by atoms with Crippen molar-refractivity contribution >= 4 is 35.1 Å². The van der Waals surface area contributed by atoms with E-state index in [0.717, 1.165) is 33.7 Å². The van der Waals surface area contributed by atoms with E-state index in [-0.39, 0.29) is 24.8 Å². The average molecular weight is 631 g/mol. The predicted molar refractivity (Wildman–Crippen MR) is 171 cm³/mol. The quantitative estimate of drug-likeness (QED) is 0.191. The Kier molecular flexibility index (Phi) is 10.4. The average Bonchev–Trinajstić information content (AvgIpc) is 3.37. The van der Waals surface area contributed by atoms with Gasteiger partial charge in [0.2, 0.25) is 5.91 Å². The fourth-order valence-electron chi connectivity index (χ4n) is 5.15. The van der Waals surface area contributed by atoms with E-state index in [2.05, 4.69) is 10.4 Å². The van der Waals surface area contributed by atoms with Crippen LogP contribution >= 0.6 is 11.6 Å². The Morgan fingerprint density at radius 3 is 2.76 bits per heavy atom. The third kappa shape index (κ3) is 8.02. The van der Waals surface area contributed by atoms with E-state index in [9.17, 15) is 14.4 Å². The molecule has 0 spiro atoms. The van der Waals surface area contributed by atoms with Gasteiger partial charge in [0.15, 0.2) is 5.75 Å². The van der Waals surface area contributed by atoms with Crippen molar-refractivity contribution in [2.24, 2.45) is 0 Å². The molecule has 11 heteroatoms. The number of amides is 2. The number of nitrogens with one attached hydrogen (secondary N) is 1. The Hall–Kier alpha value is -4.83. The third-order valence-corrected chi connectivity index (χ3v) is 7.88. The van der Waals surface area contributed by atoms with Gasteiger partial charge in [0.05, 0.1) is 38.1 Å². The minimum absolute atomic E-state index is 0.00731. The van der Waals surface area contributed by atoms with Crippen LogP contribution in [0.2, 0.25) is 5.02 Å². The maximum Gasteiger partial charge on any atom is 0.305 e. The number of carboxylic acid groups (broad SMARTS) is 1. The number of carbonyl (C=O) groups is 3. The normalized spacial score (nSPS) is 12.5. The smallest absolute Gasteiger partial charge is 0.305 e. The highest BCUT2D eigenvalue weighted by Gasteiger charge is 2.25. The Labute approximate surface area is 266 Å². The number of carbonyl (C=O) groups excluding carboxylic acids is 2. The van der Waals surface area contributed by atoms with E-state index >= 15 is 0 Å². The van der Waals surface area contributed by atoms with Crippen LogP contribution in [0, 0.1) is 6.92 Å². The van der Waals surface area contributed by atoms with Crippen molar-refractivity contribution in [1.29, 1.82) is 0 Å². The molecule has 0 saturated carbocycles. The van der Waals surface area contributed by atoms with Crippen LogP contribution in [-0.4, -0.2) is 59.0 Å². The van der Waals surface area contributed by atoms with Gasteiger partial charge in [0.25, 0.3) is 5.91 Å². The zero-order chi connectivity index (χ0) is 31.8. The van der Waals surface area contributed by atoms with Crippen molar-refractivity contribution < 1.29 is 29.0 Å². The highest BCUT2D eigenvalue weighted by atomic mass is 35.5. The number of nitrogens with zero attached hydrogens (tertiary/aromatic N) is 3. The van der Waals surface area contributed by atoms with Gasteiger partial charge in [-0.15, -0.1) is 0 Å². The zero-order valence-electron chi connectivity index (χ0n) is 25.0. The SMILES string of the molecule is Cc1c(Cl)cccc1OCCCC(=O)N1CCCOc2c(-c3cnn(Cc4cccc(C(=O)NCCC(=O)O)c4)c3)cccc21. The molecular formula is C34H35ClN4O6. The summed E-state index contributed by atoms with van der Waals surface area (Å²) in [7, 11) is 0. The fraction of sp³-hybridized carbons (Fsp3) is 0.294. The van der Waals surface area contributed by atoms with Gasteiger partial charge < -0.3 is 24.8 Å². The second kappa shape index (κ2) is 14.8. The molecule has 1 aliphatic rings. The Morgan fingerprint density at radius 2 is 1.91 bits per heavy atom. The fourth-order valence-corrected chi connectivity index (χ4v) is 5.32. The molecule has 0 bridgehead atoms. The zero-order valence-corrected chi connectivity index (χ0v) is 25.8. The van der Waals surface area contributed by atoms with Gasteiger partial charge in [-0.05, 0) is 55.7 Å². The van der Waals surface area contributed by atoms with Crippen molar-refractivity contribution in [1.82, 2.24) is 15.1 Å². The molecule has 2 heterocycles. The van der Waals surface area contributed by atoms with Crippen LogP contribution in [0.1, 0.15) is 47.2 Å². The van der Waals surface area contributed by atoms with Crippen molar-refractivity contribution in [3.63, 3.8) is 0 Å². The molecule has 10 nitrogen and oxygen atoms in total. The van der Waals surface area contributed by atoms with E-state index in [0.29, 0.717) is 61.9 Å². The summed E-state index contributed by atoms with van der Waals surface area (Å²) in [5.41, 5.74) is 4.61. The molecule has 0 fully saturated rings. The molecule has 0 saturated heterocycles. The Bertz CT molecular complexity index is 1690. The van der Waals surface area contributed by atoms with Crippen molar-refractivity contribution in [2.45, 2.75) is 39.2 Å². The number of para-hydroxylation sites is 1. The number of anilines is 1. The number of benzene rings is 3. The van der Waals surface area contributed by atoms with Gasteiger partial charge in [-0.25, -0.2) is 0 Å². The first-order chi connectivity index (χ1) is 21.8. The Balaban J connectivity index is 1.25. The van der Waals surface area contributed by atoms with Crippen LogP contribution in [0.15, 0.2) is 73.1 Å². The van der Waals surface area contributed by atoms with Gasteiger partial charge in [-0.3, -0.25) is 19.1 Å². The largest absolute Gasteiger partial charge is 0.493 e. The number of halogens is 1. The van der Waals surface area contributed by atoms with Gasteiger partial charge in [-0.1, -0.05) is 41.9 Å². The Morgan fingerprint density at radius 1 is 1.09 bits per heavy atom. The first-order valence-corrected chi connectivity index (χ1v) is 15.2. The number of hydrogen-bond donors (Lipinski definition) is 2. The van der Waals surface area contributed by atoms with E-state index < -0.39 is 5.97 Å². The van der Waals surface area contributed by atoms with Gasteiger partial charge in [0, 0.05) is 53.0 Å². The maximum atomic E-state index is 13.4. The molecule has 1 aliphatic heterocycles. The number of rotatable bonds is 12. The highest BCUT2D eigenvalue weighted by Crippen LogP contribution is 2.40. The number of aromatic nitrogens is 2. The minimum atomic E-state index is -0.968. The van der Waals surface area contributed by atoms with Crippen molar-refractivity contribution in [2.75, 3.05) is 31.2 Å². The summed E-state index contributed by atoms with van der Waals surface area (Å²) in [5.74, 6) is 0.0808. The summed E-state index contributed by atoms with van der Waals surface area (Å²) in [6.45, 7) is 3.84. The maximum absolute atomic E-state index is 13.4. The van der Waals surface area contributed by atoms with Crippen LogP contribution in [0.4, 0.5) is 5.69 Å². The molecule has 0 unspecified atom stereocenters. The molecule has 0 atom stereocenters. The van der Waals surface area contributed by atoms with E-state index in [4.69, 9.17) is 26.2 Å². The summed E-state index contributed by atoms with van der Waals surface area (Å²) in [4.78, 5) is 38.4. The lowest BCUT2D eigenvalue weighted by Crippen LogP contribution is -2.31. The van der Waals surface area contributed by atoms with Gasteiger partial charge in [-0.2, -0.15) is 5.10 Å². The summed E-state index contributed by atoms with van der Waals surface area (Å²) < 4.78 is 13.8.